The van der Waals surface area contributed by atoms with Crippen molar-refractivity contribution in [3.8, 4) is 0 Å². The van der Waals surface area contributed by atoms with E-state index in [0.29, 0.717) is 24.5 Å². The minimum Gasteiger partial charge on any atom is -0.396 e. The Balaban J connectivity index is 1.69. The topological polar surface area (TPSA) is 52.6 Å². The standard InChI is InChI=1S/C17H32N2O2/c1-19(16-10-8-15(13-20)9-11-16)17(21)18-12-14-6-4-2-3-5-7-14/h14-16,20H,2-13H2,1H3,(H,18,21). The van der Waals surface area contributed by atoms with E-state index in [4.69, 9.17) is 0 Å². The molecule has 2 rings (SSSR count). The zero-order chi connectivity index (χ0) is 15.1. The number of carbonyl (C=O) groups is 1. The Kier molecular flexibility index (Phi) is 6.81. The van der Waals surface area contributed by atoms with E-state index >= 15 is 0 Å². The molecule has 0 atom stereocenters. The Morgan fingerprint density at radius 2 is 1.62 bits per heavy atom. The van der Waals surface area contributed by atoms with Crippen molar-refractivity contribution < 1.29 is 9.90 Å². The Labute approximate surface area is 129 Å². The van der Waals surface area contributed by atoms with E-state index in [1.165, 1.54) is 38.5 Å². The van der Waals surface area contributed by atoms with E-state index in [2.05, 4.69) is 5.32 Å². The minimum absolute atomic E-state index is 0.0895. The molecule has 2 amide bonds. The molecule has 4 heteroatoms. The lowest BCUT2D eigenvalue weighted by molar-refractivity contribution is 0.133. The SMILES string of the molecule is CN(C(=O)NCC1CCCCCC1)C1CCC(CO)CC1. The van der Waals surface area contributed by atoms with Crippen molar-refractivity contribution in [2.45, 2.75) is 70.3 Å². The molecule has 0 spiro atoms. The molecule has 2 saturated carbocycles. The molecule has 0 bridgehead atoms. The van der Waals surface area contributed by atoms with Crippen LogP contribution in [0.5, 0.6) is 0 Å². The summed E-state index contributed by atoms with van der Waals surface area (Å²) in [6, 6.07) is 0.439. The van der Waals surface area contributed by atoms with Gasteiger partial charge >= 0.3 is 6.03 Å². The monoisotopic (exact) mass is 296 g/mol. The number of aliphatic hydroxyl groups excluding tert-OH is 1. The van der Waals surface area contributed by atoms with Crippen molar-refractivity contribution in [2.75, 3.05) is 20.2 Å². The summed E-state index contributed by atoms with van der Waals surface area (Å²) in [4.78, 5) is 14.2. The highest BCUT2D eigenvalue weighted by Gasteiger charge is 2.26. The number of nitrogens with one attached hydrogen (secondary N) is 1. The number of hydrogen-bond donors (Lipinski definition) is 2. The van der Waals surface area contributed by atoms with Gasteiger partial charge in [0.25, 0.3) is 0 Å². The maximum Gasteiger partial charge on any atom is 0.317 e. The number of amides is 2. The molecule has 122 valence electrons. The Morgan fingerprint density at radius 1 is 1.00 bits per heavy atom. The molecule has 2 fully saturated rings. The molecule has 2 aliphatic carbocycles. The van der Waals surface area contributed by atoms with Gasteiger partial charge in [-0.2, -0.15) is 0 Å². The zero-order valence-electron chi connectivity index (χ0n) is 13.5. The predicted molar refractivity (Wildman–Crippen MR) is 85.2 cm³/mol. The van der Waals surface area contributed by atoms with Crippen molar-refractivity contribution in [1.82, 2.24) is 10.2 Å². The summed E-state index contributed by atoms with van der Waals surface area (Å²) in [7, 11) is 1.92. The molecule has 2 N–H and O–H groups in total. The molecule has 0 radical (unpaired) electrons. The van der Waals surface area contributed by atoms with Crippen LogP contribution in [-0.4, -0.2) is 42.3 Å². The van der Waals surface area contributed by atoms with E-state index in [1.54, 1.807) is 0 Å². The van der Waals surface area contributed by atoms with Gasteiger partial charge in [0.15, 0.2) is 0 Å². The summed E-state index contributed by atoms with van der Waals surface area (Å²) in [5.74, 6) is 1.12. The number of hydrogen-bond acceptors (Lipinski definition) is 2. The van der Waals surface area contributed by atoms with Gasteiger partial charge in [-0.1, -0.05) is 25.7 Å². The largest absolute Gasteiger partial charge is 0.396 e. The fourth-order valence-electron chi connectivity index (χ4n) is 3.80. The fourth-order valence-corrected chi connectivity index (χ4v) is 3.80. The summed E-state index contributed by atoms with van der Waals surface area (Å²) in [5.41, 5.74) is 0. The van der Waals surface area contributed by atoms with Gasteiger partial charge in [-0.3, -0.25) is 0 Å². The van der Waals surface area contributed by atoms with Gasteiger partial charge in [0.2, 0.25) is 0 Å². The van der Waals surface area contributed by atoms with Crippen LogP contribution in [0.4, 0.5) is 4.79 Å². The van der Waals surface area contributed by atoms with E-state index in [1.807, 2.05) is 11.9 Å². The van der Waals surface area contributed by atoms with Crippen molar-refractivity contribution in [2.24, 2.45) is 11.8 Å². The highest BCUT2D eigenvalue weighted by Crippen LogP contribution is 2.27. The van der Waals surface area contributed by atoms with E-state index in [0.717, 1.165) is 32.2 Å². The van der Waals surface area contributed by atoms with E-state index < -0.39 is 0 Å². The summed E-state index contributed by atoms with van der Waals surface area (Å²) < 4.78 is 0. The maximum absolute atomic E-state index is 12.3. The average molecular weight is 296 g/mol. The molecule has 2 aliphatic rings. The molecule has 0 unspecified atom stereocenters. The van der Waals surface area contributed by atoms with Crippen molar-refractivity contribution in [3.63, 3.8) is 0 Å². The Morgan fingerprint density at radius 3 is 2.19 bits per heavy atom. The first-order valence-electron chi connectivity index (χ1n) is 8.82. The molecule has 0 saturated heterocycles. The lowest BCUT2D eigenvalue weighted by Gasteiger charge is -2.34. The quantitative estimate of drug-likeness (QED) is 0.783. The fraction of sp³-hybridized carbons (Fsp3) is 0.941. The number of carbonyl (C=O) groups excluding carboxylic acids is 1. The van der Waals surface area contributed by atoms with Gasteiger partial charge in [-0.25, -0.2) is 4.79 Å². The van der Waals surface area contributed by atoms with Crippen LogP contribution in [0.15, 0.2) is 0 Å². The van der Waals surface area contributed by atoms with Crippen molar-refractivity contribution in [1.29, 1.82) is 0 Å². The molecular formula is C17H32N2O2. The summed E-state index contributed by atoms with van der Waals surface area (Å²) in [6.07, 6.45) is 12.0. The molecular weight excluding hydrogens is 264 g/mol. The van der Waals surface area contributed by atoms with E-state index in [-0.39, 0.29) is 6.03 Å². The van der Waals surface area contributed by atoms with Gasteiger partial charge in [0, 0.05) is 26.2 Å². The average Bonchev–Trinajstić information content (AvgIpc) is 2.80. The molecule has 0 aromatic heterocycles. The van der Waals surface area contributed by atoms with Gasteiger partial charge in [-0.05, 0) is 50.4 Å². The Hall–Kier alpha value is -0.770. The lowest BCUT2D eigenvalue weighted by atomic mass is 9.86. The van der Waals surface area contributed by atoms with Gasteiger partial charge in [0.1, 0.15) is 0 Å². The molecule has 0 aromatic rings. The van der Waals surface area contributed by atoms with Crippen LogP contribution >= 0.6 is 0 Å². The molecule has 0 heterocycles. The second-order valence-electron chi connectivity index (χ2n) is 7.01. The summed E-state index contributed by atoms with van der Waals surface area (Å²) in [5, 5.41) is 12.3. The lowest BCUT2D eigenvalue weighted by Crippen LogP contribution is -2.46. The summed E-state index contributed by atoms with van der Waals surface area (Å²) in [6.45, 7) is 1.14. The van der Waals surface area contributed by atoms with Crippen LogP contribution in [0.2, 0.25) is 0 Å². The second kappa shape index (κ2) is 8.62. The van der Waals surface area contributed by atoms with Crippen LogP contribution in [0, 0.1) is 11.8 Å². The Bertz CT molecular complexity index is 306. The van der Waals surface area contributed by atoms with Gasteiger partial charge in [-0.15, -0.1) is 0 Å². The smallest absolute Gasteiger partial charge is 0.317 e. The highest BCUT2D eigenvalue weighted by atomic mass is 16.3. The van der Waals surface area contributed by atoms with Crippen LogP contribution in [-0.2, 0) is 0 Å². The van der Waals surface area contributed by atoms with Crippen LogP contribution in [0.3, 0.4) is 0 Å². The zero-order valence-corrected chi connectivity index (χ0v) is 13.5. The number of urea groups is 1. The van der Waals surface area contributed by atoms with Gasteiger partial charge < -0.3 is 15.3 Å². The first-order valence-corrected chi connectivity index (χ1v) is 8.82. The third-order valence-corrected chi connectivity index (χ3v) is 5.46. The predicted octanol–water partition coefficient (Wildman–Crippen LogP) is 3.15. The molecule has 0 aromatic carbocycles. The molecule has 0 aliphatic heterocycles. The van der Waals surface area contributed by atoms with Gasteiger partial charge in [0.05, 0.1) is 0 Å². The van der Waals surface area contributed by atoms with Crippen LogP contribution < -0.4 is 5.32 Å². The van der Waals surface area contributed by atoms with Crippen LogP contribution in [0.25, 0.3) is 0 Å². The first-order chi connectivity index (χ1) is 10.2. The maximum atomic E-state index is 12.3. The van der Waals surface area contributed by atoms with Crippen molar-refractivity contribution in [3.05, 3.63) is 0 Å². The number of nitrogens with zero attached hydrogens (tertiary/aromatic N) is 1. The minimum atomic E-state index is 0.0895. The highest BCUT2D eigenvalue weighted by molar-refractivity contribution is 5.74. The van der Waals surface area contributed by atoms with Crippen molar-refractivity contribution >= 4 is 6.03 Å². The molecule has 21 heavy (non-hydrogen) atoms. The first kappa shape index (κ1) is 16.6. The molecule has 4 nitrogen and oxygen atoms in total. The van der Waals surface area contributed by atoms with Crippen LogP contribution in [0.1, 0.15) is 64.2 Å². The third kappa shape index (κ3) is 5.17. The number of rotatable bonds is 4. The number of aliphatic hydroxyl groups is 1. The third-order valence-electron chi connectivity index (χ3n) is 5.46. The van der Waals surface area contributed by atoms with E-state index in [9.17, 15) is 9.90 Å². The summed E-state index contributed by atoms with van der Waals surface area (Å²) >= 11 is 0. The second-order valence-corrected chi connectivity index (χ2v) is 7.01. The normalized spacial score (nSPS) is 27.9.